The predicted octanol–water partition coefficient (Wildman–Crippen LogP) is 1.45. The zero-order chi connectivity index (χ0) is 18.0. The Bertz CT molecular complexity index is 743. The lowest BCUT2D eigenvalue weighted by atomic mass is 9.93. The maximum Gasteiger partial charge on any atom is 0.229 e. The summed E-state index contributed by atoms with van der Waals surface area (Å²) in [6.07, 6.45) is 3.84. The van der Waals surface area contributed by atoms with Gasteiger partial charge in [0.1, 0.15) is 0 Å². The summed E-state index contributed by atoms with van der Waals surface area (Å²) in [5, 5.41) is 14.6. The molecule has 1 fully saturated rings. The van der Waals surface area contributed by atoms with Crippen LogP contribution < -0.4 is 0 Å². The first-order chi connectivity index (χ1) is 12.0. The van der Waals surface area contributed by atoms with E-state index in [1.165, 1.54) is 0 Å². The molecule has 1 aromatic carbocycles. The van der Waals surface area contributed by atoms with Crippen molar-refractivity contribution in [1.82, 2.24) is 19.6 Å². The Hall–Kier alpha value is -2.18. The number of piperidine rings is 1. The van der Waals surface area contributed by atoms with Gasteiger partial charge in [-0.1, -0.05) is 18.2 Å². The van der Waals surface area contributed by atoms with E-state index in [2.05, 4.69) is 10.00 Å². The van der Waals surface area contributed by atoms with Crippen LogP contribution in [0, 0.1) is 12.8 Å². The molecule has 1 N–H and O–H groups in total. The summed E-state index contributed by atoms with van der Waals surface area (Å²) < 4.78 is 1.84. The molecule has 1 saturated heterocycles. The van der Waals surface area contributed by atoms with Gasteiger partial charge in [0.2, 0.25) is 5.91 Å². The number of carbonyl (C=O) groups excluding carboxylic acids is 1. The third kappa shape index (κ3) is 3.91. The molecule has 25 heavy (non-hydrogen) atoms. The number of carbonyl (C=O) groups is 1. The highest BCUT2D eigenvalue weighted by Crippen LogP contribution is 2.19. The molecule has 1 amide bonds. The average Bonchev–Trinajstić information content (AvgIpc) is 3.05. The summed E-state index contributed by atoms with van der Waals surface area (Å²) in [5.41, 5.74) is 3.15. The number of aliphatic hydroxyl groups excluding tert-OH is 1. The molecule has 2 heterocycles. The Morgan fingerprint density at radius 3 is 2.92 bits per heavy atom. The van der Waals surface area contributed by atoms with E-state index in [4.69, 9.17) is 0 Å². The van der Waals surface area contributed by atoms with Gasteiger partial charge in [-0.2, -0.15) is 5.10 Å². The summed E-state index contributed by atoms with van der Waals surface area (Å²) in [7, 11) is 3.77. The monoisotopic (exact) mass is 342 g/mol. The minimum absolute atomic E-state index is 0.0114. The molecule has 0 radical (unpaired) electrons. The van der Waals surface area contributed by atoms with E-state index < -0.39 is 6.10 Å². The molecule has 134 valence electrons. The standard InChI is InChI=1S/C19H26N4O2/c1-14-6-4-5-7-17(14)23-12-15(10-20-23)11-22(3)19(25)16-13-21(2)9-8-18(16)24/h4-7,10,12,16,18,24H,8-9,11,13H2,1-3H3/t16-,18+/m1/s1. The molecule has 2 aromatic rings. The minimum Gasteiger partial charge on any atom is -0.392 e. The number of rotatable bonds is 4. The fourth-order valence-electron chi connectivity index (χ4n) is 3.37. The van der Waals surface area contributed by atoms with Crippen LogP contribution in [0.1, 0.15) is 17.5 Å². The third-order valence-electron chi connectivity index (χ3n) is 4.89. The SMILES string of the molecule is Cc1ccccc1-n1cc(CN(C)C(=O)[C@@H]2CN(C)CC[C@@H]2O)cn1. The molecule has 1 aromatic heterocycles. The first-order valence-electron chi connectivity index (χ1n) is 8.67. The van der Waals surface area contributed by atoms with Gasteiger partial charge in [0, 0.05) is 38.4 Å². The fourth-order valence-corrected chi connectivity index (χ4v) is 3.37. The first-order valence-corrected chi connectivity index (χ1v) is 8.67. The van der Waals surface area contributed by atoms with E-state index in [0.29, 0.717) is 19.5 Å². The molecule has 1 aliphatic heterocycles. The van der Waals surface area contributed by atoms with Gasteiger partial charge in [-0.15, -0.1) is 0 Å². The van der Waals surface area contributed by atoms with Crippen LogP contribution in [0.3, 0.4) is 0 Å². The van der Waals surface area contributed by atoms with Gasteiger partial charge in [-0.05, 0) is 32.0 Å². The topological polar surface area (TPSA) is 61.6 Å². The van der Waals surface area contributed by atoms with Crippen LogP contribution in [0.5, 0.6) is 0 Å². The van der Waals surface area contributed by atoms with Crippen molar-refractivity contribution in [2.24, 2.45) is 5.92 Å². The Morgan fingerprint density at radius 1 is 1.40 bits per heavy atom. The van der Waals surface area contributed by atoms with Crippen LogP contribution in [0.4, 0.5) is 0 Å². The van der Waals surface area contributed by atoms with Gasteiger partial charge >= 0.3 is 0 Å². The number of amides is 1. The number of benzene rings is 1. The lowest BCUT2D eigenvalue weighted by Crippen LogP contribution is -2.48. The molecule has 2 atom stereocenters. The summed E-state index contributed by atoms with van der Waals surface area (Å²) >= 11 is 0. The second-order valence-electron chi connectivity index (χ2n) is 7.00. The molecule has 6 nitrogen and oxygen atoms in total. The number of nitrogens with zero attached hydrogens (tertiary/aromatic N) is 4. The summed E-state index contributed by atoms with van der Waals surface area (Å²) in [6.45, 7) is 3.97. The zero-order valence-corrected chi connectivity index (χ0v) is 15.1. The van der Waals surface area contributed by atoms with Crippen molar-refractivity contribution in [3.05, 3.63) is 47.8 Å². The molecule has 3 rings (SSSR count). The molecule has 0 bridgehead atoms. The number of hydrogen-bond acceptors (Lipinski definition) is 4. The van der Waals surface area contributed by atoms with Crippen LogP contribution >= 0.6 is 0 Å². The van der Waals surface area contributed by atoms with Crippen LogP contribution in [0.25, 0.3) is 5.69 Å². The van der Waals surface area contributed by atoms with Gasteiger partial charge in [-0.3, -0.25) is 4.79 Å². The van der Waals surface area contributed by atoms with Crippen molar-refractivity contribution < 1.29 is 9.90 Å². The molecular formula is C19H26N4O2. The Balaban J connectivity index is 1.68. The van der Waals surface area contributed by atoms with E-state index in [9.17, 15) is 9.90 Å². The molecule has 0 aliphatic carbocycles. The largest absolute Gasteiger partial charge is 0.392 e. The lowest BCUT2D eigenvalue weighted by molar-refractivity contribution is -0.141. The lowest BCUT2D eigenvalue weighted by Gasteiger charge is -2.35. The Labute approximate surface area is 148 Å². The fraction of sp³-hybridized carbons (Fsp3) is 0.474. The summed E-state index contributed by atoms with van der Waals surface area (Å²) in [5.74, 6) is -0.363. The summed E-state index contributed by atoms with van der Waals surface area (Å²) in [6, 6.07) is 8.06. The van der Waals surface area contributed by atoms with Gasteiger partial charge in [0.15, 0.2) is 0 Å². The van der Waals surface area contributed by atoms with Crippen molar-refractivity contribution in [3.63, 3.8) is 0 Å². The maximum absolute atomic E-state index is 12.7. The van der Waals surface area contributed by atoms with Crippen molar-refractivity contribution in [3.8, 4) is 5.69 Å². The number of aliphatic hydroxyl groups is 1. The van der Waals surface area contributed by atoms with E-state index in [1.807, 2.05) is 49.1 Å². The highest BCUT2D eigenvalue weighted by molar-refractivity contribution is 5.79. The highest BCUT2D eigenvalue weighted by Gasteiger charge is 2.33. The van der Waals surface area contributed by atoms with Crippen molar-refractivity contribution >= 4 is 5.91 Å². The van der Waals surface area contributed by atoms with E-state index in [-0.39, 0.29) is 11.8 Å². The van der Waals surface area contributed by atoms with Crippen LogP contribution in [-0.2, 0) is 11.3 Å². The highest BCUT2D eigenvalue weighted by atomic mass is 16.3. The minimum atomic E-state index is -0.555. The first kappa shape index (κ1) is 17.6. The second kappa shape index (κ2) is 7.37. The second-order valence-corrected chi connectivity index (χ2v) is 7.00. The zero-order valence-electron chi connectivity index (χ0n) is 15.1. The number of hydrogen-bond donors (Lipinski definition) is 1. The quantitative estimate of drug-likeness (QED) is 0.914. The van der Waals surface area contributed by atoms with E-state index >= 15 is 0 Å². The van der Waals surface area contributed by atoms with E-state index in [0.717, 1.165) is 23.4 Å². The average molecular weight is 342 g/mol. The number of para-hydroxylation sites is 1. The van der Waals surface area contributed by atoms with Crippen LogP contribution in [0.2, 0.25) is 0 Å². The Morgan fingerprint density at radius 2 is 2.16 bits per heavy atom. The Kier molecular flexibility index (Phi) is 5.20. The van der Waals surface area contributed by atoms with Crippen molar-refractivity contribution in [1.29, 1.82) is 0 Å². The molecular weight excluding hydrogens is 316 g/mol. The molecule has 0 saturated carbocycles. The van der Waals surface area contributed by atoms with Crippen LogP contribution in [0.15, 0.2) is 36.7 Å². The third-order valence-corrected chi connectivity index (χ3v) is 4.89. The van der Waals surface area contributed by atoms with Gasteiger partial charge < -0.3 is 14.9 Å². The predicted molar refractivity (Wildman–Crippen MR) is 96.4 cm³/mol. The van der Waals surface area contributed by atoms with Gasteiger partial charge in [0.05, 0.1) is 23.9 Å². The van der Waals surface area contributed by atoms with Gasteiger partial charge in [-0.25, -0.2) is 4.68 Å². The number of aromatic nitrogens is 2. The van der Waals surface area contributed by atoms with Crippen molar-refractivity contribution in [2.45, 2.75) is 26.0 Å². The smallest absolute Gasteiger partial charge is 0.229 e. The maximum atomic E-state index is 12.7. The number of aryl methyl sites for hydroxylation is 1. The van der Waals surface area contributed by atoms with Crippen LogP contribution in [-0.4, -0.2) is 63.9 Å². The normalized spacial score (nSPS) is 21.3. The summed E-state index contributed by atoms with van der Waals surface area (Å²) in [4.78, 5) is 16.5. The molecule has 0 unspecified atom stereocenters. The molecule has 0 spiro atoms. The number of likely N-dealkylation sites (tertiary alicyclic amines) is 1. The van der Waals surface area contributed by atoms with Gasteiger partial charge in [0.25, 0.3) is 0 Å². The molecule has 1 aliphatic rings. The van der Waals surface area contributed by atoms with Crippen molar-refractivity contribution in [2.75, 3.05) is 27.2 Å². The van der Waals surface area contributed by atoms with E-state index in [1.54, 1.807) is 18.1 Å². The molecule has 6 heteroatoms.